The van der Waals surface area contributed by atoms with Crippen molar-refractivity contribution in [1.82, 2.24) is 4.98 Å². The first-order valence-corrected chi connectivity index (χ1v) is 12.0. The molecule has 1 aromatic heterocycles. The zero-order valence-electron chi connectivity index (χ0n) is 15.6. The molecule has 0 amide bonds. The van der Waals surface area contributed by atoms with E-state index in [0.717, 1.165) is 33.6 Å². The van der Waals surface area contributed by atoms with Crippen LogP contribution in [0.5, 0.6) is 0 Å². The van der Waals surface area contributed by atoms with Gasteiger partial charge in [0.1, 0.15) is 5.01 Å². The molecule has 0 saturated heterocycles. The SMILES string of the molecule is CCCCCCCCS(=O)(=O)Nc1ccccc1-c1nc2ccccc2s1. The lowest BCUT2D eigenvalue weighted by Crippen LogP contribution is -2.17. The van der Waals surface area contributed by atoms with Crippen LogP contribution in [0.1, 0.15) is 45.4 Å². The number of nitrogens with zero attached hydrogens (tertiary/aromatic N) is 1. The number of para-hydroxylation sites is 2. The Balaban J connectivity index is 1.70. The largest absolute Gasteiger partial charge is 0.283 e. The zero-order valence-corrected chi connectivity index (χ0v) is 17.3. The van der Waals surface area contributed by atoms with E-state index >= 15 is 0 Å². The van der Waals surface area contributed by atoms with E-state index in [1.54, 1.807) is 17.4 Å². The monoisotopic (exact) mass is 402 g/mol. The fraction of sp³-hybridized carbons (Fsp3) is 0.381. The quantitative estimate of drug-likeness (QED) is 0.419. The van der Waals surface area contributed by atoms with Crippen LogP contribution in [0.4, 0.5) is 5.69 Å². The van der Waals surface area contributed by atoms with Crippen molar-refractivity contribution in [3.8, 4) is 10.6 Å². The topological polar surface area (TPSA) is 59.1 Å². The summed E-state index contributed by atoms with van der Waals surface area (Å²) < 4.78 is 28.9. The Hall–Kier alpha value is -1.92. The van der Waals surface area contributed by atoms with E-state index in [1.807, 2.05) is 42.5 Å². The molecular weight excluding hydrogens is 376 g/mol. The number of benzene rings is 2. The van der Waals surface area contributed by atoms with Crippen molar-refractivity contribution in [2.24, 2.45) is 0 Å². The standard InChI is InChI=1S/C21H26N2O2S2/c1-2-3-4-5-6-11-16-27(24,25)23-18-13-8-7-12-17(18)21-22-19-14-9-10-15-20(19)26-21/h7-10,12-15,23H,2-6,11,16H2,1H3. The van der Waals surface area contributed by atoms with Gasteiger partial charge in [0.25, 0.3) is 0 Å². The van der Waals surface area contributed by atoms with Gasteiger partial charge in [-0.3, -0.25) is 4.72 Å². The van der Waals surface area contributed by atoms with Crippen LogP contribution in [-0.4, -0.2) is 19.2 Å². The van der Waals surface area contributed by atoms with Gasteiger partial charge in [0.05, 0.1) is 21.7 Å². The van der Waals surface area contributed by atoms with Crippen LogP contribution in [0.25, 0.3) is 20.8 Å². The summed E-state index contributed by atoms with van der Waals surface area (Å²) in [6.45, 7) is 2.18. The molecule has 0 aliphatic rings. The Morgan fingerprint density at radius 1 is 0.926 bits per heavy atom. The Bertz CT molecular complexity index is 948. The summed E-state index contributed by atoms with van der Waals surface area (Å²) in [4.78, 5) is 4.66. The van der Waals surface area contributed by atoms with Gasteiger partial charge in [-0.05, 0) is 30.7 Å². The third-order valence-corrected chi connectivity index (χ3v) is 6.91. The molecule has 4 nitrogen and oxygen atoms in total. The summed E-state index contributed by atoms with van der Waals surface area (Å²) >= 11 is 1.57. The second-order valence-corrected chi connectivity index (χ2v) is 9.59. The van der Waals surface area contributed by atoms with Crippen LogP contribution >= 0.6 is 11.3 Å². The lowest BCUT2D eigenvalue weighted by Gasteiger charge is -2.11. The van der Waals surface area contributed by atoms with Crippen molar-refractivity contribution in [2.45, 2.75) is 45.4 Å². The molecule has 6 heteroatoms. The highest BCUT2D eigenvalue weighted by Gasteiger charge is 2.15. The summed E-state index contributed by atoms with van der Waals surface area (Å²) in [5, 5.41) is 0.828. The Morgan fingerprint density at radius 2 is 1.63 bits per heavy atom. The van der Waals surface area contributed by atoms with Crippen molar-refractivity contribution in [1.29, 1.82) is 0 Å². The van der Waals surface area contributed by atoms with Gasteiger partial charge in [-0.15, -0.1) is 11.3 Å². The van der Waals surface area contributed by atoms with Gasteiger partial charge in [0.15, 0.2) is 0 Å². The summed E-state index contributed by atoms with van der Waals surface area (Å²) in [5.74, 6) is 0.160. The molecule has 27 heavy (non-hydrogen) atoms. The van der Waals surface area contributed by atoms with Gasteiger partial charge in [0.2, 0.25) is 10.0 Å². The number of thiazole rings is 1. The van der Waals surface area contributed by atoms with Gasteiger partial charge >= 0.3 is 0 Å². The maximum absolute atomic E-state index is 12.5. The van der Waals surface area contributed by atoms with E-state index in [2.05, 4.69) is 16.6 Å². The molecule has 2 aromatic carbocycles. The predicted octanol–water partition coefficient (Wildman–Crippen LogP) is 6.07. The minimum absolute atomic E-state index is 0.160. The molecule has 1 heterocycles. The molecule has 0 fully saturated rings. The molecule has 0 unspecified atom stereocenters. The Morgan fingerprint density at radius 3 is 2.44 bits per heavy atom. The van der Waals surface area contributed by atoms with E-state index in [1.165, 1.54) is 19.3 Å². The van der Waals surface area contributed by atoms with Crippen molar-refractivity contribution >= 4 is 37.3 Å². The highest BCUT2D eigenvalue weighted by Crippen LogP contribution is 2.34. The molecule has 3 rings (SSSR count). The Labute approximate surface area is 165 Å². The number of aromatic nitrogens is 1. The van der Waals surface area contributed by atoms with E-state index in [0.29, 0.717) is 12.1 Å². The van der Waals surface area contributed by atoms with Crippen LogP contribution in [-0.2, 0) is 10.0 Å². The maximum atomic E-state index is 12.5. The molecule has 0 radical (unpaired) electrons. The number of nitrogens with one attached hydrogen (secondary N) is 1. The number of rotatable bonds is 10. The third kappa shape index (κ3) is 5.53. The second kappa shape index (κ2) is 9.33. The predicted molar refractivity (Wildman–Crippen MR) is 116 cm³/mol. The van der Waals surface area contributed by atoms with Gasteiger partial charge < -0.3 is 0 Å². The molecular formula is C21H26N2O2S2. The summed E-state index contributed by atoms with van der Waals surface area (Å²) in [6, 6.07) is 15.4. The minimum atomic E-state index is -3.36. The number of hydrogen-bond acceptors (Lipinski definition) is 4. The Kier molecular flexibility index (Phi) is 6.85. The van der Waals surface area contributed by atoms with Gasteiger partial charge in [0, 0.05) is 5.56 Å². The molecule has 144 valence electrons. The van der Waals surface area contributed by atoms with Crippen LogP contribution < -0.4 is 4.72 Å². The fourth-order valence-electron chi connectivity index (χ4n) is 3.04. The van der Waals surface area contributed by atoms with Gasteiger partial charge in [-0.1, -0.05) is 63.3 Å². The van der Waals surface area contributed by atoms with E-state index < -0.39 is 10.0 Å². The lowest BCUT2D eigenvalue weighted by atomic mass is 10.1. The summed E-state index contributed by atoms with van der Waals surface area (Å²) in [6.07, 6.45) is 6.36. The molecule has 0 atom stereocenters. The van der Waals surface area contributed by atoms with Crippen molar-refractivity contribution in [3.05, 3.63) is 48.5 Å². The van der Waals surface area contributed by atoms with Gasteiger partial charge in [-0.2, -0.15) is 0 Å². The zero-order chi connectivity index (χ0) is 19.1. The normalized spacial score (nSPS) is 11.7. The highest BCUT2D eigenvalue weighted by molar-refractivity contribution is 7.92. The molecule has 0 bridgehead atoms. The van der Waals surface area contributed by atoms with Crippen molar-refractivity contribution in [3.63, 3.8) is 0 Å². The van der Waals surface area contributed by atoms with Crippen LogP contribution in [0.2, 0.25) is 0 Å². The summed E-state index contributed by atoms with van der Waals surface area (Å²) in [5.41, 5.74) is 2.36. The molecule has 0 saturated carbocycles. The third-order valence-electron chi connectivity index (χ3n) is 4.48. The number of sulfonamides is 1. The molecule has 3 aromatic rings. The lowest BCUT2D eigenvalue weighted by molar-refractivity contribution is 0.588. The average molecular weight is 403 g/mol. The summed E-state index contributed by atoms with van der Waals surface area (Å²) in [7, 11) is -3.36. The number of hydrogen-bond donors (Lipinski definition) is 1. The first-order chi connectivity index (χ1) is 13.1. The number of fused-ring (bicyclic) bond motifs is 1. The maximum Gasteiger partial charge on any atom is 0.232 e. The first kappa shape index (κ1) is 19.8. The molecule has 0 aliphatic heterocycles. The smallest absolute Gasteiger partial charge is 0.232 e. The van der Waals surface area contributed by atoms with Crippen molar-refractivity contribution in [2.75, 3.05) is 10.5 Å². The number of anilines is 1. The van der Waals surface area contributed by atoms with Gasteiger partial charge in [-0.25, -0.2) is 13.4 Å². The number of unbranched alkanes of at least 4 members (excludes halogenated alkanes) is 5. The molecule has 1 N–H and O–H groups in total. The second-order valence-electron chi connectivity index (χ2n) is 6.72. The van der Waals surface area contributed by atoms with E-state index in [9.17, 15) is 8.42 Å². The van der Waals surface area contributed by atoms with Crippen molar-refractivity contribution < 1.29 is 8.42 Å². The first-order valence-electron chi connectivity index (χ1n) is 9.54. The van der Waals surface area contributed by atoms with Crippen LogP contribution in [0, 0.1) is 0 Å². The highest BCUT2D eigenvalue weighted by atomic mass is 32.2. The minimum Gasteiger partial charge on any atom is -0.283 e. The molecule has 0 spiro atoms. The average Bonchev–Trinajstić information content (AvgIpc) is 3.08. The molecule has 0 aliphatic carbocycles. The van der Waals surface area contributed by atoms with E-state index in [4.69, 9.17) is 0 Å². The van der Waals surface area contributed by atoms with Crippen LogP contribution in [0.15, 0.2) is 48.5 Å². The fourth-order valence-corrected chi connectivity index (χ4v) is 5.24. The van der Waals surface area contributed by atoms with Crippen LogP contribution in [0.3, 0.4) is 0 Å². The van der Waals surface area contributed by atoms with E-state index in [-0.39, 0.29) is 5.75 Å².